The molecule has 76 valence electrons. The first-order chi connectivity index (χ1) is 6.92. The predicted octanol–water partition coefficient (Wildman–Crippen LogP) is -0.352. The number of quaternary nitrogens is 2. The van der Waals surface area contributed by atoms with Crippen molar-refractivity contribution in [1.82, 2.24) is 0 Å². The van der Waals surface area contributed by atoms with E-state index in [1.807, 2.05) is 0 Å². The Morgan fingerprint density at radius 2 is 1.79 bits per heavy atom. The van der Waals surface area contributed by atoms with Crippen molar-refractivity contribution in [2.45, 2.75) is 18.9 Å². The first kappa shape index (κ1) is 9.69. The smallest absolute Gasteiger partial charge is 0.162 e. The summed E-state index contributed by atoms with van der Waals surface area (Å²) in [6, 6.07) is 11.4. The molecule has 1 fully saturated rings. The van der Waals surface area contributed by atoms with E-state index in [4.69, 9.17) is 0 Å². The highest BCUT2D eigenvalue weighted by molar-refractivity contribution is 5.17. The summed E-state index contributed by atoms with van der Waals surface area (Å²) in [5, 5.41) is 0. The predicted molar refractivity (Wildman–Crippen MR) is 56.9 cm³/mol. The maximum atomic E-state index is 4.09. The van der Waals surface area contributed by atoms with Crippen molar-refractivity contribution in [3.05, 3.63) is 35.9 Å². The zero-order chi connectivity index (χ0) is 9.80. The lowest BCUT2D eigenvalue weighted by atomic mass is 10.1. The van der Waals surface area contributed by atoms with Crippen LogP contribution in [0.3, 0.4) is 0 Å². The fraction of sp³-hybridized carbons (Fsp3) is 0.500. The number of likely N-dealkylation sites (tertiary alicyclic amines) is 1. The van der Waals surface area contributed by atoms with Crippen LogP contribution in [0.5, 0.6) is 0 Å². The second-order valence-electron chi connectivity index (χ2n) is 4.12. The van der Waals surface area contributed by atoms with Crippen molar-refractivity contribution in [3.8, 4) is 0 Å². The number of nitrogens with one attached hydrogen (secondary N) is 1. The molecule has 0 aromatic heterocycles. The van der Waals surface area contributed by atoms with Gasteiger partial charge in [0, 0.05) is 18.4 Å². The molecule has 1 aromatic carbocycles. The van der Waals surface area contributed by atoms with E-state index < -0.39 is 0 Å². The van der Waals surface area contributed by atoms with Crippen LogP contribution >= 0.6 is 0 Å². The molecule has 0 spiro atoms. The SMILES string of the molecule is [NH3+]C[C@@H](c1ccccc1)[NH+]1CCCC1. The lowest BCUT2D eigenvalue weighted by Crippen LogP contribution is -3.11. The van der Waals surface area contributed by atoms with Gasteiger partial charge in [-0.2, -0.15) is 0 Å². The van der Waals surface area contributed by atoms with Crippen LogP contribution in [0, 0.1) is 0 Å². The van der Waals surface area contributed by atoms with Crippen LogP contribution in [0.4, 0.5) is 0 Å². The van der Waals surface area contributed by atoms with E-state index >= 15 is 0 Å². The minimum Gasteiger partial charge on any atom is -0.352 e. The minimum atomic E-state index is 0.624. The summed E-state index contributed by atoms with van der Waals surface area (Å²) in [5.41, 5.74) is 5.54. The Labute approximate surface area is 85.7 Å². The molecule has 1 atom stereocenters. The fourth-order valence-electron chi connectivity index (χ4n) is 2.47. The summed E-state index contributed by atoms with van der Waals surface area (Å²) in [7, 11) is 0. The highest BCUT2D eigenvalue weighted by Crippen LogP contribution is 2.08. The Balaban J connectivity index is 2.12. The van der Waals surface area contributed by atoms with Crippen molar-refractivity contribution in [1.29, 1.82) is 0 Å². The molecule has 2 rings (SSSR count). The van der Waals surface area contributed by atoms with Gasteiger partial charge in [0.15, 0.2) is 6.04 Å². The molecule has 2 heteroatoms. The lowest BCUT2D eigenvalue weighted by molar-refractivity contribution is -0.926. The zero-order valence-corrected chi connectivity index (χ0v) is 8.71. The average molecular weight is 192 g/mol. The molecule has 1 aliphatic heterocycles. The Morgan fingerprint density at radius 3 is 2.36 bits per heavy atom. The van der Waals surface area contributed by atoms with Gasteiger partial charge in [-0.05, 0) is 0 Å². The summed E-state index contributed by atoms with van der Waals surface area (Å²) >= 11 is 0. The number of hydrogen-bond donors (Lipinski definition) is 2. The van der Waals surface area contributed by atoms with E-state index in [1.165, 1.54) is 31.5 Å². The summed E-state index contributed by atoms with van der Waals surface area (Å²) in [5.74, 6) is 0. The summed E-state index contributed by atoms with van der Waals surface area (Å²) < 4.78 is 0. The van der Waals surface area contributed by atoms with Gasteiger partial charge in [0.25, 0.3) is 0 Å². The van der Waals surface area contributed by atoms with Crippen molar-refractivity contribution in [2.24, 2.45) is 0 Å². The first-order valence-corrected chi connectivity index (χ1v) is 5.60. The van der Waals surface area contributed by atoms with Crippen molar-refractivity contribution >= 4 is 0 Å². The zero-order valence-electron chi connectivity index (χ0n) is 8.71. The fourth-order valence-corrected chi connectivity index (χ4v) is 2.47. The standard InChI is InChI=1S/C12H18N2/c13-10-12(14-8-4-5-9-14)11-6-2-1-3-7-11/h1-3,6-7,12H,4-5,8-10,13H2/p+2/t12-/m0/s1. The Bertz CT molecular complexity index is 265. The molecule has 1 saturated heterocycles. The van der Waals surface area contributed by atoms with Gasteiger partial charge in [-0.1, -0.05) is 30.3 Å². The normalized spacial score (nSPS) is 19.8. The average Bonchev–Trinajstić information content (AvgIpc) is 2.74. The minimum absolute atomic E-state index is 0.624. The topological polar surface area (TPSA) is 32.1 Å². The molecular formula is C12H20N2+2. The van der Waals surface area contributed by atoms with E-state index in [-0.39, 0.29) is 0 Å². The van der Waals surface area contributed by atoms with Gasteiger partial charge in [-0.15, -0.1) is 0 Å². The van der Waals surface area contributed by atoms with Gasteiger partial charge in [-0.3, -0.25) is 0 Å². The van der Waals surface area contributed by atoms with E-state index in [0.29, 0.717) is 6.04 Å². The van der Waals surface area contributed by atoms with Gasteiger partial charge < -0.3 is 10.6 Å². The molecule has 1 heterocycles. The van der Waals surface area contributed by atoms with Crippen LogP contribution in [0.2, 0.25) is 0 Å². The van der Waals surface area contributed by atoms with Crippen LogP contribution in [0.1, 0.15) is 24.4 Å². The quantitative estimate of drug-likeness (QED) is 0.656. The molecule has 1 aromatic rings. The molecule has 0 aliphatic carbocycles. The summed E-state index contributed by atoms with van der Waals surface area (Å²) in [6.07, 6.45) is 2.78. The summed E-state index contributed by atoms with van der Waals surface area (Å²) in [6.45, 7) is 3.67. The lowest BCUT2D eigenvalue weighted by Gasteiger charge is -2.21. The van der Waals surface area contributed by atoms with Crippen molar-refractivity contribution in [2.75, 3.05) is 19.6 Å². The maximum absolute atomic E-state index is 4.09. The van der Waals surface area contributed by atoms with Gasteiger partial charge in [-0.25, -0.2) is 0 Å². The first-order valence-electron chi connectivity index (χ1n) is 5.60. The van der Waals surface area contributed by atoms with Crippen LogP contribution in [-0.4, -0.2) is 19.6 Å². The van der Waals surface area contributed by atoms with E-state index in [2.05, 4.69) is 36.1 Å². The summed E-state index contributed by atoms with van der Waals surface area (Å²) in [4.78, 5) is 1.73. The molecule has 0 bridgehead atoms. The second kappa shape index (κ2) is 4.58. The molecule has 2 nitrogen and oxygen atoms in total. The van der Waals surface area contributed by atoms with Crippen LogP contribution < -0.4 is 10.6 Å². The molecule has 1 aliphatic rings. The van der Waals surface area contributed by atoms with Crippen molar-refractivity contribution < 1.29 is 10.6 Å². The largest absolute Gasteiger partial charge is 0.352 e. The molecular weight excluding hydrogens is 172 g/mol. The Morgan fingerprint density at radius 1 is 1.14 bits per heavy atom. The van der Waals surface area contributed by atoms with Gasteiger partial charge in [0.1, 0.15) is 6.54 Å². The highest BCUT2D eigenvalue weighted by Gasteiger charge is 2.27. The van der Waals surface area contributed by atoms with Crippen LogP contribution in [0.15, 0.2) is 30.3 Å². The van der Waals surface area contributed by atoms with Gasteiger partial charge in [0.2, 0.25) is 0 Å². The maximum Gasteiger partial charge on any atom is 0.162 e. The van der Waals surface area contributed by atoms with Crippen molar-refractivity contribution in [3.63, 3.8) is 0 Å². The van der Waals surface area contributed by atoms with Gasteiger partial charge >= 0.3 is 0 Å². The monoisotopic (exact) mass is 192 g/mol. The van der Waals surface area contributed by atoms with E-state index in [9.17, 15) is 0 Å². The number of hydrogen-bond acceptors (Lipinski definition) is 0. The molecule has 4 N–H and O–H groups in total. The molecule has 0 radical (unpaired) electrons. The van der Waals surface area contributed by atoms with E-state index in [1.54, 1.807) is 4.90 Å². The number of rotatable bonds is 3. The second-order valence-corrected chi connectivity index (χ2v) is 4.12. The molecule has 0 amide bonds. The molecule has 0 unspecified atom stereocenters. The van der Waals surface area contributed by atoms with Crippen LogP contribution in [-0.2, 0) is 0 Å². The third kappa shape index (κ3) is 1.97. The third-order valence-corrected chi connectivity index (χ3v) is 3.23. The third-order valence-electron chi connectivity index (χ3n) is 3.23. The Kier molecular flexibility index (Phi) is 3.17. The Hall–Kier alpha value is -0.860. The van der Waals surface area contributed by atoms with Crippen LogP contribution in [0.25, 0.3) is 0 Å². The van der Waals surface area contributed by atoms with Gasteiger partial charge in [0.05, 0.1) is 13.1 Å². The number of benzene rings is 1. The molecule has 14 heavy (non-hydrogen) atoms. The highest BCUT2D eigenvalue weighted by atomic mass is 15.2. The molecule has 0 saturated carbocycles. The van der Waals surface area contributed by atoms with E-state index in [0.717, 1.165) is 6.54 Å².